The summed E-state index contributed by atoms with van der Waals surface area (Å²) in [5.74, 6) is -0.00333. The molecule has 5 nitrogen and oxygen atoms in total. The molecule has 1 aliphatic heterocycles. The maximum absolute atomic E-state index is 11.0. The molecular formula is C15H19N3O2S2. The number of hydrogen-bond donors (Lipinski definition) is 1. The lowest BCUT2D eigenvalue weighted by atomic mass is 10.3. The van der Waals surface area contributed by atoms with Gasteiger partial charge < -0.3 is 10.1 Å². The number of nitrogens with zero attached hydrogens (tertiary/aromatic N) is 2. The second kappa shape index (κ2) is 7.32. The van der Waals surface area contributed by atoms with Crippen LogP contribution in [0.4, 0.5) is 0 Å². The van der Waals surface area contributed by atoms with Crippen LogP contribution in [0.15, 0.2) is 17.5 Å². The van der Waals surface area contributed by atoms with Gasteiger partial charge in [-0.05, 0) is 12.1 Å². The second-order valence-corrected chi connectivity index (χ2v) is 7.30. The van der Waals surface area contributed by atoms with Crippen LogP contribution >= 0.6 is 22.7 Å². The van der Waals surface area contributed by atoms with E-state index in [0.29, 0.717) is 6.54 Å². The molecule has 0 aliphatic carbocycles. The second-order valence-electron chi connectivity index (χ2n) is 5.19. The number of thiophene rings is 1. The topological polar surface area (TPSA) is 54.5 Å². The molecule has 0 bridgehead atoms. The average Bonchev–Trinajstić information content (AvgIpc) is 3.15. The Bertz CT molecular complexity index is 632. The number of morpholine rings is 1. The van der Waals surface area contributed by atoms with Gasteiger partial charge in [-0.3, -0.25) is 9.69 Å². The molecule has 1 N–H and O–H groups in total. The lowest BCUT2D eigenvalue weighted by Crippen LogP contribution is -2.35. The summed E-state index contributed by atoms with van der Waals surface area (Å²) >= 11 is 3.39. The van der Waals surface area contributed by atoms with E-state index in [1.807, 2.05) is 0 Å². The van der Waals surface area contributed by atoms with Crippen LogP contribution in [0.2, 0.25) is 0 Å². The van der Waals surface area contributed by atoms with E-state index in [1.54, 1.807) is 22.7 Å². The Morgan fingerprint density at radius 2 is 2.23 bits per heavy atom. The van der Waals surface area contributed by atoms with E-state index < -0.39 is 0 Å². The molecule has 118 valence electrons. The fourth-order valence-electron chi connectivity index (χ4n) is 2.27. The molecule has 0 radical (unpaired) electrons. The van der Waals surface area contributed by atoms with Gasteiger partial charge in [-0.2, -0.15) is 0 Å². The minimum absolute atomic E-state index is 0.00333. The summed E-state index contributed by atoms with van der Waals surface area (Å²) in [6, 6.07) is 4.13. The molecule has 1 aliphatic rings. The molecule has 1 amide bonds. The smallest absolute Gasteiger partial charge is 0.217 e. The van der Waals surface area contributed by atoms with Crippen molar-refractivity contribution in [1.29, 1.82) is 0 Å². The molecule has 0 atom stereocenters. The normalized spacial score (nSPS) is 15.9. The predicted molar refractivity (Wildman–Crippen MR) is 89.0 cm³/mol. The van der Waals surface area contributed by atoms with Crippen LogP contribution in [0.3, 0.4) is 0 Å². The lowest BCUT2D eigenvalue weighted by molar-refractivity contribution is -0.119. The summed E-state index contributed by atoms with van der Waals surface area (Å²) in [4.78, 5) is 20.4. The molecule has 1 fully saturated rings. The highest BCUT2D eigenvalue weighted by Gasteiger charge is 2.14. The number of hydrogen-bond acceptors (Lipinski definition) is 6. The predicted octanol–water partition coefficient (Wildman–Crippen LogP) is 2.34. The molecule has 0 aromatic carbocycles. The molecule has 1 saturated heterocycles. The van der Waals surface area contributed by atoms with Gasteiger partial charge in [-0.15, -0.1) is 22.7 Å². The van der Waals surface area contributed by atoms with Crippen LogP contribution in [-0.2, 0) is 22.6 Å². The van der Waals surface area contributed by atoms with Crippen molar-refractivity contribution in [3.8, 4) is 10.6 Å². The highest BCUT2D eigenvalue weighted by molar-refractivity contribution is 7.16. The molecule has 3 rings (SSSR count). The van der Waals surface area contributed by atoms with Gasteiger partial charge in [0.05, 0.1) is 36.9 Å². The van der Waals surface area contributed by atoms with Crippen LogP contribution in [0.25, 0.3) is 10.6 Å². The Kier molecular flexibility index (Phi) is 5.20. The van der Waals surface area contributed by atoms with Crippen molar-refractivity contribution in [2.24, 2.45) is 0 Å². The molecule has 22 heavy (non-hydrogen) atoms. The minimum Gasteiger partial charge on any atom is -0.379 e. The molecule has 7 heteroatoms. The zero-order valence-corrected chi connectivity index (χ0v) is 14.1. The number of aromatic nitrogens is 1. The maximum Gasteiger partial charge on any atom is 0.217 e. The third-order valence-corrected chi connectivity index (χ3v) is 5.38. The zero-order chi connectivity index (χ0) is 15.4. The largest absolute Gasteiger partial charge is 0.379 e. The van der Waals surface area contributed by atoms with Crippen molar-refractivity contribution in [2.45, 2.75) is 20.0 Å². The lowest BCUT2D eigenvalue weighted by Gasteiger charge is -2.25. The Hall–Kier alpha value is -1.28. The third kappa shape index (κ3) is 4.13. The Labute approximate surface area is 137 Å². The molecular weight excluding hydrogens is 318 g/mol. The fraction of sp³-hybridized carbons (Fsp3) is 0.467. The number of amides is 1. The van der Waals surface area contributed by atoms with Crippen LogP contribution in [0, 0.1) is 0 Å². The SMILES string of the molecule is CC(=O)NCc1ccc(-c2csc(CN3CCOCC3)n2)s1. The van der Waals surface area contributed by atoms with Gasteiger partial charge in [0.1, 0.15) is 5.01 Å². The van der Waals surface area contributed by atoms with E-state index >= 15 is 0 Å². The van der Waals surface area contributed by atoms with Crippen LogP contribution in [0.1, 0.15) is 16.8 Å². The summed E-state index contributed by atoms with van der Waals surface area (Å²) in [7, 11) is 0. The number of ether oxygens (including phenoxy) is 1. The first kappa shape index (κ1) is 15.6. The molecule has 0 unspecified atom stereocenters. The summed E-state index contributed by atoms with van der Waals surface area (Å²) in [6.07, 6.45) is 0. The van der Waals surface area contributed by atoms with Crippen molar-refractivity contribution in [3.63, 3.8) is 0 Å². The molecule has 0 saturated carbocycles. The maximum atomic E-state index is 11.0. The molecule has 0 spiro atoms. The summed E-state index contributed by atoms with van der Waals surface area (Å²) < 4.78 is 5.37. The van der Waals surface area contributed by atoms with E-state index in [1.165, 1.54) is 6.92 Å². The summed E-state index contributed by atoms with van der Waals surface area (Å²) in [5, 5.41) is 6.08. The van der Waals surface area contributed by atoms with Crippen molar-refractivity contribution < 1.29 is 9.53 Å². The van der Waals surface area contributed by atoms with E-state index in [9.17, 15) is 4.79 Å². The quantitative estimate of drug-likeness (QED) is 0.910. The van der Waals surface area contributed by atoms with E-state index in [-0.39, 0.29) is 5.91 Å². The van der Waals surface area contributed by atoms with E-state index in [0.717, 1.165) is 53.3 Å². The fourth-order valence-corrected chi connectivity index (χ4v) is 4.09. The van der Waals surface area contributed by atoms with E-state index in [2.05, 4.69) is 27.7 Å². The monoisotopic (exact) mass is 337 g/mol. The Morgan fingerprint density at radius 1 is 1.41 bits per heavy atom. The summed E-state index contributed by atoms with van der Waals surface area (Å²) in [5.41, 5.74) is 1.03. The van der Waals surface area contributed by atoms with Gasteiger partial charge in [0, 0.05) is 30.3 Å². The first-order chi connectivity index (χ1) is 10.7. The number of carbonyl (C=O) groups excluding carboxylic acids is 1. The minimum atomic E-state index is -0.00333. The van der Waals surface area contributed by atoms with Crippen LogP contribution in [0.5, 0.6) is 0 Å². The van der Waals surface area contributed by atoms with Gasteiger partial charge in [-0.25, -0.2) is 4.98 Å². The zero-order valence-electron chi connectivity index (χ0n) is 12.5. The average molecular weight is 337 g/mol. The van der Waals surface area contributed by atoms with Crippen molar-refractivity contribution in [3.05, 3.63) is 27.4 Å². The number of thiazole rings is 1. The first-order valence-electron chi connectivity index (χ1n) is 7.29. The Morgan fingerprint density at radius 3 is 3.00 bits per heavy atom. The number of nitrogens with one attached hydrogen (secondary N) is 1. The van der Waals surface area contributed by atoms with Gasteiger partial charge in [-0.1, -0.05) is 0 Å². The van der Waals surface area contributed by atoms with Crippen LogP contribution in [-0.4, -0.2) is 42.1 Å². The third-order valence-electron chi connectivity index (χ3n) is 3.44. The molecule has 3 heterocycles. The van der Waals surface area contributed by atoms with Crippen molar-refractivity contribution in [1.82, 2.24) is 15.2 Å². The first-order valence-corrected chi connectivity index (χ1v) is 8.98. The van der Waals surface area contributed by atoms with Crippen molar-refractivity contribution >= 4 is 28.6 Å². The Balaban J connectivity index is 1.61. The van der Waals surface area contributed by atoms with Crippen LogP contribution < -0.4 is 5.32 Å². The highest BCUT2D eigenvalue weighted by Crippen LogP contribution is 2.29. The van der Waals surface area contributed by atoms with E-state index in [4.69, 9.17) is 9.72 Å². The molecule has 2 aromatic rings. The van der Waals surface area contributed by atoms with Gasteiger partial charge >= 0.3 is 0 Å². The van der Waals surface area contributed by atoms with Gasteiger partial charge in [0.15, 0.2) is 0 Å². The molecule has 2 aromatic heterocycles. The van der Waals surface area contributed by atoms with Gasteiger partial charge in [0.2, 0.25) is 5.91 Å². The number of rotatable bonds is 5. The van der Waals surface area contributed by atoms with Gasteiger partial charge in [0.25, 0.3) is 0 Å². The summed E-state index contributed by atoms with van der Waals surface area (Å²) in [6.45, 7) is 6.62. The number of carbonyl (C=O) groups is 1. The standard InChI is InChI=1S/C15H19N3O2S2/c1-11(19)16-8-12-2-3-14(22-12)13-10-21-15(17-13)9-18-4-6-20-7-5-18/h2-3,10H,4-9H2,1H3,(H,16,19). The van der Waals surface area contributed by atoms with Crippen molar-refractivity contribution in [2.75, 3.05) is 26.3 Å². The highest BCUT2D eigenvalue weighted by atomic mass is 32.1.